The smallest absolute Gasteiger partial charge is 0.321 e. The number of hydrogen-bond acceptors (Lipinski definition) is 8. The number of esters is 1. The lowest BCUT2D eigenvalue weighted by molar-refractivity contribution is -0.147. The summed E-state index contributed by atoms with van der Waals surface area (Å²) in [5.41, 5.74) is 1.38. The SMILES string of the molecule is CC(=O)Nc1ccc(S(=O)(=O)NCC(=O)OCC(=O)NCCc2ccc3c(c2)OCCO3)cc1. The van der Waals surface area contributed by atoms with Crippen LogP contribution in [-0.2, 0) is 35.6 Å². The highest BCUT2D eigenvalue weighted by Crippen LogP contribution is 2.30. The predicted molar refractivity (Wildman–Crippen MR) is 121 cm³/mol. The first kappa shape index (κ1) is 25.0. The number of nitrogens with one attached hydrogen (secondary N) is 3. The highest BCUT2D eigenvalue weighted by atomic mass is 32.2. The predicted octanol–water partition coefficient (Wildman–Crippen LogP) is 0.597. The number of amides is 2. The molecule has 0 bridgehead atoms. The van der Waals surface area contributed by atoms with Crippen LogP contribution in [0.3, 0.4) is 0 Å². The van der Waals surface area contributed by atoms with E-state index in [0.29, 0.717) is 43.4 Å². The molecule has 0 atom stereocenters. The molecule has 1 aliphatic rings. The molecule has 12 heteroatoms. The third-order valence-corrected chi connectivity index (χ3v) is 6.02. The molecule has 2 aromatic carbocycles. The summed E-state index contributed by atoms with van der Waals surface area (Å²) >= 11 is 0. The Morgan fingerprint density at radius 1 is 1.00 bits per heavy atom. The summed E-state index contributed by atoms with van der Waals surface area (Å²) in [5, 5.41) is 5.15. The van der Waals surface area contributed by atoms with Crippen molar-refractivity contribution in [3.63, 3.8) is 0 Å². The van der Waals surface area contributed by atoms with Gasteiger partial charge < -0.3 is 24.8 Å². The number of hydrogen-bond donors (Lipinski definition) is 3. The van der Waals surface area contributed by atoms with Crippen LogP contribution in [0.4, 0.5) is 5.69 Å². The topological polar surface area (TPSA) is 149 Å². The zero-order valence-corrected chi connectivity index (χ0v) is 19.3. The van der Waals surface area contributed by atoms with Gasteiger partial charge in [-0.15, -0.1) is 0 Å². The summed E-state index contributed by atoms with van der Waals surface area (Å²) < 4.78 is 42.4. The molecule has 0 saturated carbocycles. The van der Waals surface area contributed by atoms with E-state index in [1.165, 1.54) is 31.2 Å². The van der Waals surface area contributed by atoms with Gasteiger partial charge in [-0.25, -0.2) is 8.42 Å². The van der Waals surface area contributed by atoms with E-state index in [-0.39, 0.29) is 10.8 Å². The van der Waals surface area contributed by atoms with Gasteiger partial charge in [0.1, 0.15) is 19.8 Å². The lowest BCUT2D eigenvalue weighted by Gasteiger charge is -2.18. The van der Waals surface area contributed by atoms with Crippen molar-refractivity contribution in [3.05, 3.63) is 48.0 Å². The molecular formula is C22H25N3O8S. The zero-order chi connectivity index (χ0) is 24.6. The second-order valence-electron chi connectivity index (χ2n) is 7.27. The summed E-state index contributed by atoms with van der Waals surface area (Å²) in [6, 6.07) is 10.9. The summed E-state index contributed by atoms with van der Waals surface area (Å²) in [6.07, 6.45) is 0.539. The lowest BCUT2D eigenvalue weighted by Crippen LogP contribution is -2.34. The fourth-order valence-corrected chi connectivity index (χ4v) is 3.96. The van der Waals surface area contributed by atoms with E-state index in [9.17, 15) is 22.8 Å². The summed E-state index contributed by atoms with van der Waals surface area (Å²) in [5.74, 6) is -0.356. The van der Waals surface area contributed by atoms with Crippen LogP contribution >= 0.6 is 0 Å². The average molecular weight is 492 g/mol. The molecule has 3 rings (SSSR count). The lowest BCUT2D eigenvalue weighted by atomic mass is 10.1. The molecule has 0 fully saturated rings. The largest absolute Gasteiger partial charge is 0.486 e. The maximum absolute atomic E-state index is 12.3. The summed E-state index contributed by atoms with van der Waals surface area (Å²) in [6.45, 7) is 1.47. The molecule has 1 heterocycles. The molecular weight excluding hydrogens is 466 g/mol. The molecule has 0 unspecified atom stereocenters. The van der Waals surface area contributed by atoms with Crippen LogP contribution in [0.5, 0.6) is 11.5 Å². The summed E-state index contributed by atoms with van der Waals surface area (Å²) in [4.78, 5) is 34.7. The van der Waals surface area contributed by atoms with Gasteiger partial charge in [0.2, 0.25) is 15.9 Å². The highest BCUT2D eigenvalue weighted by Gasteiger charge is 2.17. The molecule has 34 heavy (non-hydrogen) atoms. The first-order valence-corrected chi connectivity index (χ1v) is 11.9. The fourth-order valence-electron chi connectivity index (χ4n) is 3.00. The second kappa shape index (κ2) is 11.5. The Morgan fingerprint density at radius 3 is 2.41 bits per heavy atom. The van der Waals surface area contributed by atoms with Crippen molar-refractivity contribution < 1.29 is 37.0 Å². The van der Waals surface area contributed by atoms with Crippen LogP contribution in [0.25, 0.3) is 0 Å². The van der Waals surface area contributed by atoms with Gasteiger partial charge in [0.05, 0.1) is 4.90 Å². The number of sulfonamides is 1. The van der Waals surface area contributed by atoms with Gasteiger partial charge in [0.15, 0.2) is 18.1 Å². The maximum Gasteiger partial charge on any atom is 0.321 e. The van der Waals surface area contributed by atoms with E-state index in [2.05, 4.69) is 15.4 Å². The number of anilines is 1. The molecule has 3 N–H and O–H groups in total. The molecule has 182 valence electrons. The van der Waals surface area contributed by atoms with E-state index in [0.717, 1.165) is 5.56 Å². The average Bonchev–Trinajstić information content (AvgIpc) is 2.81. The zero-order valence-electron chi connectivity index (χ0n) is 18.5. The van der Waals surface area contributed by atoms with Crippen molar-refractivity contribution in [2.45, 2.75) is 18.2 Å². The van der Waals surface area contributed by atoms with Crippen LogP contribution in [0.15, 0.2) is 47.4 Å². The molecule has 2 aromatic rings. The van der Waals surface area contributed by atoms with Crippen molar-refractivity contribution in [3.8, 4) is 11.5 Å². The fraction of sp³-hybridized carbons (Fsp3) is 0.318. The summed E-state index contributed by atoms with van der Waals surface area (Å²) in [7, 11) is -3.97. The maximum atomic E-state index is 12.3. The Hall–Kier alpha value is -3.64. The van der Waals surface area contributed by atoms with Gasteiger partial charge in [-0.2, -0.15) is 4.72 Å². The van der Waals surface area contributed by atoms with E-state index in [1.54, 1.807) is 0 Å². The van der Waals surface area contributed by atoms with Gasteiger partial charge in [0, 0.05) is 19.2 Å². The Labute approximate surface area is 196 Å². The van der Waals surface area contributed by atoms with Crippen LogP contribution in [0, 0.1) is 0 Å². The minimum absolute atomic E-state index is 0.0914. The van der Waals surface area contributed by atoms with Gasteiger partial charge in [-0.05, 0) is 48.4 Å². The molecule has 1 aliphatic heterocycles. The van der Waals surface area contributed by atoms with Crippen LogP contribution < -0.4 is 24.8 Å². The monoisotopic (exact) mass is 491 g/mol. The highest BCUT2D eigenvalue weighted by molar-refractivity contribution is 7.89. The Kier molecular flexibility index (Phi) is 8.44. The van der Waals surface area contributed by atoms with E-state index in [1.807, 2.05) is 18.2 Å². The number of rotatable bonds is 10. The van der Waals surface area contributed by atoms with Crippen LogP contribution in [-0.4, -0.2) is 59.1 Å². The van der Waals surface area contributed by atoms with Crippen molar-refractivity contribution >= 4 is 33.5 Å². The van der Waals surface area contributed by atoms with Crippen molar-refractivity contribution in [1.82, 2.24) is 10.0 Å². The molecule has 2 amide bonds. The number of carbonyl (C=O) groups excluding carboxylic acids is 3. The van der Waals surface area contributed by atoms with Crippen LogP contribution in [0.2, 0.25) is 0 Å². The normalized spacial score (nSPS) is 12.5. The van der Waals surface area contributed by atoms with Gasteiger partial charge in [-0.1, -0.05) is 6.07 Å². The van der Waals surface area contributed by atoms with Crippen molar-refractivity contribution in [2.24, 2.45) is 0 Å². The standard InChI is InChI=1S/C22H25N3O8S/c1-15(26)25-17-3-5-18(6-4-17)34(29,30)24-13-22(28)33-14-21(27)23-9-8-16-2-7-19-20(12-16)32-11-10-31-19/h2-7,12,24H,8-11,13-14H2,1H3,(H,23,27)(H,25,26). The first-order chi connectivity index (χ1) is 16.2. The molecule has 11 nitrogen and oxygen atoms in total. The molecule has 0 saturated heterocycles. The minimum atomic E-state index is -3.97. The Balaban J connectivity index is 1.36. The third-order valence-electron chi connectivity index (χ3n) is 4.60. The van der Waals surface area contributed by atoms with E-state index < -0.39 is 35.1 Å². The van der Waals surface area contributed by atoms with E-state index in [4.69, 9.17) is 14.2 Å². The minimum Gasteiger partial charge on any atom is -0.486 e. The van der Waals surface area contributed by atoms with Gasteiger partial charge in [-0.3, -0.25) is 14.4 Å². The van der Waals surface area contributed by atoms with Crippen molar-refractivity contribution in [2.75, 3.05) is 38.2 Å². The van der Waals surface area contributed by atoms with E-state index >= 15 is 0 Å². The molecule has 0 radical (unpaired) electrons. The molecule has 0 spiro atoms. The number of benzene rings is 2. The van der Waals surface area contributed by atoms with Crippen molar-refractivity contribution in [1.29, 1.82) is 0 Å². The number of fused-ring (bicyclic) bond motifs is 1. The molecule has 0 aromatic heterocycles. The third kappa shape index (κ3) is 7.46. The molecule has 0 aliphatic carbocycles. The Bertz CT molecular complexity index is 1150. The Morgan fingerprint density at radius 2 is 1.71 bits per heavy atom. The van der Waals surface area contributed by atoms with Gasteiger partial charge in [0.25, 0.3) is 5.91 Å². The first-order valence-electron chi connectivity index (χ1n) is 10.4. The number of carbonyl (C=O) groups is 3. The van der Waals surface area contributed by atoms with Gasteiger partial charge >= 0.3 is 5.97 Å². The second-order valence-corrected chi connectivity index (χ2v) is 9.04. The van der Waals surface area contributed by atoms with Crippen LogP contribution in [0.1, 0.15) is 12.5 Å². The quantitative estimate of drug-likeness (QED) is 0.409. The number of ether oxygens (including phenoxy) is 3.